The van der Waals surface area contributed by atoms with Crippen molar-refractivity contribution < 1.29 is 26.7 Å². The maximum Gasteiger partial charge on any atom is 0.408 e. The van der Waals surface area contributed by atoms with Gasteiger partial charge in [-0.25, -0.2) is 13.8 Å². The van der Waals surface area contributed by atoms with E-state index in [0.29, 0.717) is 6.07 Å². The number of carbonyl (C=O) groups is 1. The number of halogens is 6. The summed E-state index contributed by atoms with van der Waals surface area (Å²) in [5, 5.41) is 1.52. The second-order valence-corrected chi connectivity index (χ2v) is 6.71. The Morgan fingerprint density at radius 1 is 1.23 bits per heavy atom. The number of nitrogens with zero attached hydrogens (tertiary/aromatic N) is 2. The molecule has 0 aliphatic carbocycles. The van der Waals surface area contributed by atoms with Gasteiger partial charge in [0.2, 0.25) is 5.43 Å². The normalized spacial score (nSPS) is 12.8. The maximum absolute atomic E-state index is 14.4. The van der Waals surface area contributed by atoms with Crippen LogP contribution in [0.25, 0.3) is 16.7 Å². The molecule has 0 fully saturated rings. The predicted octanol–water partition coefficient (Wildman–Crippen LogP) is 4.39. The van der Waals surface area contributed by atoms with Crippen LogP contribution in [-0.4, -0.2) is 27.7 Å². The van der Waals surface area contributed by atoms with E-state index in [2.05, 4.69) is 4.98 Å². The molecule has 0 saturated carbocycles. The lowest BCUT2D eigenvalue weighted by Crippen LogP contribution is -2.46. The van der Waals surface area contributed by atoms with Gasteiger partial charge in [0.05, 0.1) is 11.1 Å². The van der Waals surface area contributed by atoms with E-state index in [1.807, 2.05) is 0 Å². The Morgan fingerprint density at radius 3 is 2.53 bits per heavy atom. The van der Waals surface area contributed by atoms with E-state index in [1.165, 1.54) is 19.1 Å². The molecule has 1 amide bonds. The summed E-state index contributed by atoms with van der Waals surface area (Å²) in [5.74, 6) is -3.21. The number of pyridine rings is 2. The molecule has 0 aliphatic rings. The van der Waals surface area contributed by atoms with Crippen molar-refractivity contribution in [3.63, 3.8) is 0 Å². The van der Waals surface area contributed by atoms with Crippen LogP contribution < -0.4 is 10.7 Å². The summed E-state index contributed by atoms with van der Waals surface area (Å²) in [6.07, 6.45) is -4.33. The molecule has 5 nitrogen and oxygen atoms in total. The third-order valence-electron chi connectivity index (χ3n) is 4.34. The molecule has 11 heteroatoms. The number of benzene rings is 1. The summed E-state index contributed by atoms with van der Waals surface area (Å²) < 4.78 is 67.7. The Morgan fingerprint density at radius 2 is 1.93 bits per heavy atom. The minimum absolute atomic E-state index is 0.0570. The van der Waals surface area contributed by atoms with E-state index in [4.69, 9.17) is 11.6 Å². The fraction of sp³-hybridized carbons (Fsp3) is 0.211. The van der Waals surface area contributed by atoms with Crippen molar-refractivity contribution in [3.8, 4) is 5.69 Å². The molecule has 30 heavy (non-hydrogen) atoms. The molecule has 0 radical (unpaired) electrons. The first-order valence-corrected chi connectivity index (χ1v) is 8.95. The molecular formula is C19H13ClF5N3O2. The molecule has 0 aliphatic heterocycles. The largest absolute Gasteiger partial charge is 0.408 e. The first-order valence-electron chi connectivity index (χ1n) is 8.57. The van der Waals surface area contributed by atoms with Crippen LogP contribution in [0.3, 0.4) is 0 Å². The quantitative estimate of drug-likeness (QED) is 0.478. The molecule has 3 aromatic rings. The van der Waals surface area contributed by atoms with Gasteiger partial charge in [-0.2, -0.15) is 13.2 Å². The number of hydrogen-bond acceptors (Lipinski definition) is 3. The summed E-state index contributed by atoms with van der Waals surface area (Å²) in [7, 11) is 0. The average molecular weight is 446 g/mol. The third-order valence-corrected chi connectivity index (χ3v) is 4.55. The van der Waals surface area contributed by atoms with Crippen molar-refractivity contribution in [2.24, 2.45) is 0 Å². The molecule has 3 rings (SSSR count). The number of fused-ring (bicyclic) bond motifs is 1. The summed E-state index contributed by atoms with van der Waals surface area (Å²) in [6, 6.07) is 2.80. The van der Waals surface area contributed by atoms with Gasteiger partial charge in [0, 0.05) is 12.3 Å². The Labute approximate surface area is 171 Å². The van der Waals surface area contributed by atoms with E-state index < -0.39 is 47.2 Å². The number of amides is 1. The first-order chi connectivity index (χ1) is 14.0. The van der Waals surface area contributed by atoms with Crippen LogP contribution in [0.4, 0.5) is 22.0 Å². The molecule has 158 valence electrons. The van der Waals surface area contributed by atoms with Gasteiger partial charge in [-0.15, -0.1) is 0 Å². The molecular weight excluding hydrogens is 433 g/mol. The van der Waals surface area contributed by atoms with Crippen LogP contribution in [0.2, 0.25) is 5.15 Å². The molecule has 2 heterocycles. The van der Waals surface area contributed by atoms with Gasteiger partial charge in [0.15, 0.2) is 0 Å². The fourth-order valence-corrected chi connectivity index (χ4v) is 3.00. The van der Waals surface area contributed by atoms with E-state index in [1.54, 1.807) is 5.32 Å². The second kappa shape index (κ2) is 8.02. The van der Waals surface area contributed by atoms with Crippen LogP contribution in [0, 0.1) is 11.6 Å². The molecule has 2 aromatic heterocycles. The molecule has 1 N–H and O–H groups in total. The zero-order chi connectivity index (χ0) is 22.2. The second-order valence-electron chi connectivity index (χ2n) is 6.32. The maximum atomic E-state index is 14.4. The van der Waals surface area contributed by atoms with Crippen molar-refractivity contribution in [1.82, 2.24) is 14.9 Å². The minimum atomic E-state index is -4.72. The van der Waals surface area contributed by atoms with Crippen LogP contribution in [0.15, 0.2) is 41.3 Å². The van der Waals surface area contributed by atoms with Crippen molar-refractivity contribution in [2.75, 3.05) is 0 Å². The van der Waals surface area contributed by atoms with E-state index in [9.17, 15) is 31.5 Å². The molecule has 0 bridgehead atoms. The zero-order valence-corrected chi connectivity index (χ0v) is 16.0. The highest BCUT2D eigenvalue weighted by molar-refractivity contribution is 6.29. The zero-order valence-electron chi connectivity index (χ0n) is 15.2. The number of rotatable bonds is 4. The Balaban J connectivity index is 2.24. The van der Waals surface area contributed by atoms with E-state index >= 15 is 0 Å². The van der Waals surface area contributed by atoms with Gasteiger partial charge in [0.1, 0.15) is 34.0 Å². The highest BCUT2D eigenvalue weighted by Gasteiger charge is 2.39. The van der Waals surface area contributed by atoms with Gasteiger partial charge in [-0.1, -0.05) is 18.5 Å². The topological polar surface area (TPSA) is 64.0 Å². The molecule has 1 aromatic carbocycles. The van der Waals surface area contributed by atoms with Gasteiger partial charge in [-0.05, 0) is 30.7 Å². The molecule has 0 saturated heterocycles. The Kier molecular flexibility index (Phi) is 5.80. The lowest BCUT2D eigenvalue weighted by Gasteiger charge is -2.20. The molecule has 0 spiro atoms. The van der Waals surface area contributed by atoms with Gasteiger partial charge < -0.3 is 5.32 Å². The number of hydrogen-bond donors (Lipinski definition) is 1. The van der Waals surface area contributed by atoms with Crippen LogP contribution >= 0.6 is 11.6 Å². The number of nitrogens with one attached hydrogen (secondary N) is 1. The predicted molar refractivity (Wildman–Crippen MR) is 99.9 cm³/mol. The fourth-order valence-electron chi connectivity index (χ4n) is 2.85. The van der Waals surface area contributed by atoms with Gasteiger partial charge >= 0.3 is 6.18 Å². The van der Waals surface area contributed by atoms with E-state index in [0.717, 1.165) is 22.9 Å². The van der Waals surface area contributed by atoms with Crippen molar-refractivity contribution in [2.45, 2.75) is 25.6 Å². The Bertz CT molecular complexity index is 1190. The smallest absolute Gasteiger partial charge is 0.340 e. The first kappa shape index (κ1) is 21.7. The number of carbonyl (C=O) groups excluding carboxylic acids is 1. The highest BCUT2D eigenvalue weighted by atomic mass is 35.5. The summed E-state index contributed by atoms with van der Waals surface area (Å²) in [5.41, 5.74) is -2.02. The number of aromatic nitrogens is 2. The SMILES string of the molecule is CCC(NC(=O)c1cn(-c2ccc(F)cc2F)c2nc(Cl)ccc2c1=O)C(F)(F)F. The summed E-state index contributed by atoms with van der Waals surface area (Å²) in [6.45, 7) is 1.22. The van der Waals surface area contributed by atoms with Crippen molar-refractivity contribution in [3.05, 3.63) is 69.1 Å². The highest BCUT2D eigenvalue weighted by Crippen LogP contribution is 2.24. The molecule has 1 atom stereocenters. The molecule has 1 unspecified atom stereocenters. The van der Waals surface area contributed by atoms with Gasteiger partial charge in [-0.3, -0.25) is 14.2 Å². The van der Waals surface area contributed by atoms with Crippen molar-refractivity contribution >= 4 is 28.5 Å². The monoisotopic (exact) mass is 445 g/mol. The van der Waals surface area contributed by atoms with E-state index in [-0.39, 0.29) is 21.9 Å². The lowest BCUT2D eigenvalue weighted by molar-refractivity contribution is -0.153. The Hall–Kier alpha value is -3.01. The van der Waals surface area contributed by atoms with Crippen molar-refractivity contribution in [1.29, 1.82) is 0 Å². The minimum Gasteiger partial charge on any atom is -0.340 e. The number of alkyl halides is 3. The summed E-state index contributed by atoms with van der Waals surface area (Å²) >= 11 is 5.85. The standard InChI is InChI=1S/C19H13ClF5N3O2/c1-2-14(19(23,24)25)26-18(30)11-8-28(13-5-3-9(21)7-12(13)22)17-10(16(11)29)4-6-15(20)27-17/h3-8,14H,2H2,1H3,(H,26,30). The summed E-state index contributed by atoms with van der Waals surface area (Å²) in [4.78, 5) is 29.2. The van der Waals surface area contributed by atoms with Crippen LogP contribution in [0.5, 0.6) is 0 Å². The average Bonchev–Trinajstić information content (AvgIpc) is 2.66. The van der Waals surface area contributed by atoms with Gasteiger partial charge in [0.25, 0.3) is 5.91 Å². The van der Waals surface area contributed by atoms with Crippen LogP contribution in [-0.2, 0) is 0 Å². The third kappa shape index (κ3) is 4.13. The van der Waals surface area contributed by atoms with Crippen LogP contribution in [0.1, 0.15) is 23.7 Å². The lowest BCUT2D eigenvalue weighted by atomic mass is 10.1.